The summed E-state index contributed by atoms with van der Waals surface area (Å²) in [6.07, 6.45) is 0.884. The Balaban J connectivity index is 2.48. The molecule has 1 atom stereocenters. The van der Waals surface area contributed by atoms with Crippen molar-refractivity contribution >= 4 is 11.6 Å². The highest BCUT2D eigenvalue weighted by Gasteiger charge is 2.22. The number of alkyl halides is 1. The van der Waals surface area contributed by atoms with Crippen molar-refractivity contribution in [3.8, 4) is 5.75 Å². The molecule has 88 valence electrons. The van der Waals surface area contributed by atoms with E-state index in [-0.39, 0.29) is 5.38 Å². The molecule has 0 N–H and O–H groups in total. The summed E-state index contributed by atoms with van der Waals surface area (Å²) >= 11 is 6.35. The monoisotopic (exact) mass is 240 g/mol. The van der Waals surface area contributed by atoms with Crippen LogP contribution in [0.4, 0.5) is 0 Å². The van der Waals surface area contributed by atoms with Gasteiger partial charge < -0.3 is 9.47 Å². The first kappa shape index (κ1) is 11.7. The summed E-state index contributed by atoms with van der Waals surface area (Å²) in [6.45, 7) is 6.08. The van der Waals surface area contributed by atoms with Gasteiger partial charge in [-0.1, -0.05) is 6.07 Å². The Kier molecular flexibility index (Phi) is 3.72. The molecule has 0 bridgehead atoms. The summed E-state index contributed by atoms with van der Waals surface area (Å²) in [5, 5.41) is -0.0575. The third-order valence-electron chi connectivity index (χ3n) is 2.91. The average Bonchev–Trinajstić information content (AvgIpc) is 2.46. The quantitative estimate of drug-likeness (QED) is 0.739. The second-order valence-electron chi connectivity index (χ2n) is 4.00. The van der Waals surface area contributed by atoms with Gasteiger partial charge in [-0.05, 0) is 37.5 Å². The standard InChI is InChI=1S/C13H17ClO2/c1-3-16-12-5-4-9(2)13-10(12)6-7-15-8-11(13)14/h4-5,11H,3,6-8H2,1-2H3. The molecular weight excluding hydrogens is 224 g/mol. The van der Waals surface area contributed by atoms with E-state index in [1.165, 1.54) is 16.7 Å². The molecule has 1 aliphatic heterocycles. The zero-order valence-electron chi connectivity index (χ0n) is 9.75. The van der Waals surface area contributed by atoms with Crippen LogP contribution in [-0.4, -0.2) is 19.8 Å². The van der Waals surface area contributed by atoms with E-state index < -0.39 is 0 Å². The summed E-state index contributed by atoms with van der Waals surface area (Å²) in [5.41, 5.74) is 3.65. The predicted octanol–water partition coefficient (Wildman–Crippen LogP) is 3.25. The highest BCUT2D eigenvalue weighted by Crippen LogP contribution is 2.35. The molecule has 1 aromatic carbocycles. The third kappa shape index (κ3) is 2.18. The fourth-order valence-corrected chi connectivity index (χ4v) is 2.58. The summed E-state index contributed by atoms with van der Waals surface area (Å²) in [6, 6.07) is 4.11. The maximum absolute atomic E-state index is 6.35. The summed E-state index contributed by atoms with van der Waals surface area (Å²) in [7, 11) is 0. The molecule has 3 heteroatoms. The zero-order valence-corrected chi connectivity index (χ0v) is 10.5. The van der Waals surface area contributed by atoms with Gasteiger partial charge in [-0.3, -0.25) is 0 Å². The van der Waals surface area contributed by atoms with Gasteiger partial charge in [0.25, 0.3) is 0 Å². The van der Waals surface area contributed by atoms with E-state index in [2.05, 4.69) is 13.0 Å². The van der Waals surface area contributed by atoms with Crippen LogP contribution >= 0.6 is 11.6 Å². The van der Waals surface area contributed by atoms with Crippen LogP contribution in [0.3, 0.4) is 0 Å². The molecule has 0 amide bonds. The van der Waals surface area contributed by atoms with E-state index >= 15 is 0 Å². The highest BCUT2D eigenvalue weighted by atomic mass is 35.5. The van der Waals surface area contributed by atoms with Crippen LogP contribution < -0.4 is 4.74 Å². The molecule has 0 spiro atoms. The van der Waals surface area contributed by atoms with Crippen LogP contribution in [0.25, 0.3) is 0 Å². The molecule has 2 nitrogen and oxygen atoms in total. The molecule has 1 unspecified atom stereocenters. The van der Waals surface area contributed by atoms with Crippen LogP contribution in [0.15, 0.2) is 12.1 Å². The van der Waals surface area contributed by atoms with Crippen molar-refractivity contribution in [3.05, 3.63) is 28.8 Å². The van der Waals surface area contributed by atoms with Gasteiger partial charge in [0.05, 0.1) is 25.2 Å². The van der Waals surface area contributed by atoms with Gasteiger partial charge in [0.15, 0.2) is 0 Å². The normalized spacial score (nSPS) is 20.1. The lowest BCUT2D eigenvalue weighted by Gasteiger charge is -2.17. The number of rotatable bonds is 2. The summed E-state index contributed by atoms with van der Waals surface area (Å²) in [4.78, 5) is 0. The average molecular weight is 241 g/mol. The largest absolute Gasteiger partial charge is 0.494 e. The molecule has 0 saturated carbocycles. The number of hydrogen-bond acceptors (Lipinski definition) is 2. The van der Waals surface area contributed by atoms with Crippen LogP contribution in [0.1, 0.15) is 29.0 Å². The van der Waals surface area contributed by atoms with Gasteiger partial charge in [0, 0.05) is 5.56 Å². The maximum Gasteiger partial charge on any atom is 0.122 e. The molecule has 0 aromatic heterocycles. The Morgan fingerprint density at radius 2 is 2.31 bits per heavy atom. The van der Waals surface area contributed by atoms with Crippen molar-refractivity contribution in [2.24, 2.45) is 0 Å². The van der Waals surface area contributed by atoms with Gasteiger partial charge in [-0.15, -0.1) is 11.6 Å². The first-order valence-electron chi connectivity index (χ1n) is 5.71. The van der Waals surface area contributed by atoms with Crippen LogP contribution in [0.2, 0.25) is 0 Å². The van der Waals surface area contributed by atoms with E-state index in [0.29, 0.717) is 13.2 Å². The van der Waals surface area contributed by atoms with Gasteiger partial charge >= 0.3 is 0 Å². The molecule has 0 saturated heterocycles. The minimum absolute atomic E-state index is 0.0575. The lowest BCUT2D eigenvalue weighted by Crippen LogP contribution is -2.04. The number of halogens is 1. The minimum atomic E-state index is -0.0575. The molecule has 0 radical (unpaired) electrons. The number of aryl methyl sites for hydroxylation is 1. The lowest BCUT2D eigenvalue weighted by molar-refractivity contribution is 0.143. The summed E-state index contributed by atoms with van der Waals surface area (Å²) in [5.74, 6) is 0.958. The topological polar surface area (TPSA) is 18.5 Å². The van der Waals surface area contributed by atoms with Crippen LogP contribution in [-0.2, 0) is 11.2 Å². The second kappa shape index (κ2) is 5.07. The predicted molar refractivity (Wildman–Crippen MR) is 65.5 cm³/mol. The molecule has 1 aliphatic rings. The Bertz CT molecular complexity index is 376. The van der Waals surface area contributed by atoms with E-state index in [1.54, 1.807) is 0 Å². The number of fused-ring (bicyclic) bond motifs is 1. The van der Waals surface area contributed by atoms with Gasteiger partial charge in [-0.25, -0.2) is 0 Å². The Labute approximate surface area is 102 Å². The molecule has 1 heterocycles. The number of hydrogen-bond donors (Lipinski definition) is 0. The van der Waals surface area contributed by atoms with Crippen LogP contribution in [0, 0.1) is 6.92 Å². The van der Waals surface area contributed by atoms with Gasteiger partial charge in [-0.2, -0.15) is 0 Å². The fraction of sp³-hybridized carbons (Fsp3) is 0.538. The Morgan fingerprint density at radius 1 is 1.50 bits per heavy atom. The molecule has 16 heavy (non-hydrogen) atoms. The molecule has 0 aliphatic carbocycles. The maximum atomic E-state index is 6.35. The van der Waals surface area contributed by atoms with E-state index in [4.69, 9.17) is 21.1 Å². The van der Waals surface area contributed by atoms with Crippen molar-refractivity contribution in [1.29, 1.82) is 0 Å². The van der Waals surface area contributed by atoms with E-state index in [9.17, 15) is 0 Å². The van der Waals surface area contributed by atoms with Gasteiger partial charge in [0.2, 0.25) is 0 Å². The van der Waals surface area contributed by atoms with Crippen molar-refractivity contribution in [1.82, 2.24) is 0 Å². The Hall–Kier alpha value is -0.730. The van der Waals surface area contributed by atoms with Crippen molar-refractivity contribution in [2.45, 2.75) is 25.6 Å². The fourth-order valence-electron chi connectivity index (χ4n) is 2.19. The van der Waals surface area contributed by atoms with E-state index in [1.807, 2.05) is 13.0 Å². The van der Waals surface area contributed by atoms with Crippen molar-refractivity contribution < 1.29 is 9.47 Å². The number of benzene rings is 1. The zero-order chi connectivity index (χ0) is 11.5. The third-order valence-corrected chi connectivity index (χ3v) is 3.25. The first-order valence-corrected chi connectivity index (χ1v) is 6.14. The Morgan fingerprint density at radius 3 is 3.06 bits per heavy atom. The molecule has 1 aromatic rings. The van der Waals surface area contributed by atoms with Crippen LogP contribution in [0.5, 0.6) is 5.75 Å². The highest BCUT2D eigenvalue weighted by molar-refractivity contribution is 6.21. The second-order valence-corrected chi connectivity index (χ2v) is 4.53. The summed E-state index contributed by atoms with van der Waals surface area (Å²) < 4.78 is 11.1. The smallest absolute Gasteiger partial charge is 0.122 e. The minimum Gasteiger partial charge on any atom is -0.494 e. The molecule has 2 rings (SSSR count). The first-order chi connectivity index (χ1) is 7.74. The van der Waals surface area contributed by atoms with Gasteiger partial charge in [0.1, 0.15) is 5.75 Å². The van der Waals surface area contributed by atoms with E-state index in [0.717, 1.165) is 18.8 Å². The van der Waals surface area contributed by atoms with Crippen molar-refractivity contribution in [2.75, 3.05) is 19.8 Å². The molecular formula is C13H17ClO2. The van der Waals surface area contributed by atoms with Crippen molar-refractivity contribution in [3.63, 3.8) is 0 Å². The lowest BCUT2D eigenvalue weighted by atomic mass is 9.97. The SMILES string of the molecule is CCOc1ccc(C)c2c1CCOCC2Cl. The number of ether oxygens (including phenoxy) is 2. The molecule has 0 fully saturated rings.